The minimum absolute atomic E-state index is 0.194. The van der Waals surface area contributed by atoms with Crippen LogP contribution in [0, 0.1) is 5.92 Å². The molecule has 2 aliphatic rings. The van der Waals surface area contributed by atoms with Crippen LogP contribution in [-0.4, -0.2) is 38.0 Å². The zero-order valence-electron chi connectivity index (χ0n) is 18.5. The largest absolute Gasteiger partial charge is 0.356 e. The quantitative estimate of drug-likeness (QED) is 0.556. The SMILES string of the molecule is NS(=O)(=O)NCC1CCCN(c2nc(C=Cc3ccccc3)nc3sc4c(c23)CCCC4)C1. The molecule has 33 heavy (non-hydrogen) atoms. The third kappa shape index (κ3) is 5.27. The van der Waals surface area contributed by atoms with Gasteiger partial charge in [0.15, 0.2) is 5.82 Å². The van der Waals surface area contributed by atoms with Crippen LogP contribution in [0.1, 0.15) is 47.5 Å². The summed E-state index contributed by atoms with van der Waals surface area (Å²) in [6.07, 6.45) is 10.6. The molecule has 1 aromatic carbocycles. The van der Waals surface area contributed by atoms with E-state index in [9.17, 15) is 8.42 Å². The van der Waals surface area contributed by atoms with E-state index in [0.29, 0.717) is 12.4 Å². The number of nitrogens with zero attached hydrogens (tertiary/aromatic N) is 3. The van der Waals surface area contributed by atoms with Crippen molar-refractivity contribution in [3.8, 4) is 0 Å². The Bertz CT molecular complexity index is 1270. The Morgan fingerprint density at radius 3 is 2.76 bits per heavy atom. The van der Waals surface area contributed by atoms with Gasteiger partial charge in [0.1, 0.15) is 10.6 Å². The van der Waals surface area contributed by atoms with E-state index in [1.807, 2.05) is 41.7 Å². The topological polar surface area (TPSA) is 101 Å². The van der Waals surface area contributed by atoms with Crippen molar-refractivity contribution >= 4 is 49.7 Å². The minimum Gasteiger partial charge on any atom is -0.356 e. The van der Waals surface area contributed by atoms with E-state index >= 15 is 0 Å². The first-order chi connectivity index (χ1) is 16.0. The molecule has 0 saturated carbocycles. The number of hydrogen-bond acceptors (Lipinski definition) is 6. The summed E-state index contributed by atoms with van der Waals surface area (Å²) in [5.41, 5.74) is 2.53. The third-order valence-electron chi connectivity index (χ3n) is 6.43. The Balaban J connectivity index is 1.51. The van der Waals surface area contributed by atoms with Crippen LogP contribution >= 0.6 is 11.3 Å². The van der Waals surface area contributed by atoms with Gasteiger partial charge in [0.25, 0.3) is 10.2 Å². The number of nitrogens with two attached hydrogens (primary N) is 1. The molecule has 174 valence electrons. The molecule has 1 unspecified atom stereocenters. The molecular weight excluding hydrogens is 454 g/mol. The minimum atomic E-state index is -3.69. The average Bonchev–Trinajstić information content (AvgIpc) is 3.20. The molecule has 0 spiro atoms. The van der Waals surface area contributed by atoms with E-state index in [-0.39, 0.29) is 5.92 Å². The van der Waals surface area contributed by atoms with Crippen molar-refractivity contribution in [1.82, 2.24) is 14.7 Å². The Morgan fingerprint density at radius 2 is 1.94 bits per heavy atom. The normalized spacial score (nSPS) is 19.3. The summed E-state index contributed by atoms with van der Waals surface area (Å²) in [7, 11) is -3.69. The Labute approximate surface area is 198 Å². The van der Waals surface area contributed by atoms with Crippen molar-refractivity contribution in [1.29, 1.82) is 0 Å². The number of hydrogen-bond donors (Lipinski definition) is 2. The van der Waals surface area contributed by atoms with Crippen LogP contribution < -0.4 is 14.8 Å². The smallest absolute Gasteiger partial charge is 0.274 e. The van der Waals surface area contributed by atoms with Gasteiger partial charge in [0.2, 0.25) is 0 Å². The van der Waals surface area contributed by atoms with Gasteiger partial charge >= 0.3 is 0 Å². The molecule has 0 amide bonds. The molecule has 1 aliphatic heterocycles. The molecule has 1 saturated heterocycles. The lowest BCUT2D eigenvalue weighted by Gasteiger charge is -2.34. The molecular formula is C24H29N5O2S2. The van der Waals surface area contributed by atoms with Gasteiger partial charge in [-0.25, -0.2) is 19.8 Å². The van der Waals surface area contributed by atoms with Crippen LogP contribution in [0.25, 0.3) is 22.4 Å². The molecule has 1 atom stereocenters. The zero-order valence-corrected chi connectivity index (χ0v) is 20.2. The van der Waals surface area contributed by atoms with Crippen molar-refractivity contribution in [2.75, 3.05) is 24.5 Å². The molecule has 2 aromatic heterocycles. The second-order valence-electron chi connectivity index (χ2n) is 8.89. The van der Waals surface area contributed by atoms with E-state index in [4.69, 9.17) is 15.1 Å². The van der Waals surface area contributed by atoms with Gasteiger partial charge in [-0.3, -0.25) is 0 Å². The highest BCUT2D eigenvalue weighted by Crippen LogP contribution is 2.40. The summed E-state index contributed by atoms with van der Waals surface area (Å²) in [5.74, 6) is 1.90. The van der Waals surface area contributed by atoms with Gasteiger partial charge < -0.3 is 4.90 Å². The summed E-state index contributed by atoms with van der Waals surface area (Å²) in [6.45, 7) is 2.01. The van der Waals surface area contributed by atoms with E-state index in [1.54, 1.807) is 0 Å². The van der Waals surface area contributed by atoms with Crippen molar-refractivity contribution in [2.45, 2.75) is 38.5 Å². The van der Waals surface area contributed by atoms with Crippen molar-refractivity contribution in [2.24, 2.45) is 11.1 Å². The Hall–Kier alpha value is -2.33. The number of piperidine rings is 1. The van der Waals surface area contributed by atoms with Gasteiger partial charge in [-0.1, -0.05) is 36.4 Å². The summed E-state index contributed by atoms with van der Waals surface area (Å²) in [5, 5.41) is 6.36. The number of rotatable bonds is 6. The van der Waals surface area contributed by atoms with Crippen LogP contribution in [0.4, 0.5) is 5.82 Å². The second kappa shape index (κ2) is 9.50. The summed E-state index contributed by atoms with van der Waals surface area (Å²) >= 11 is 1.81. The number of thiophene rings is 1. The molecule has 5 rings (SSSR count). The summed E-state index contributed by atoms with van der Waals surface area (Å²) < 4.78 is 25.2. The molecule has 7 nitrogen and oxygen atoms in total. The van der Waals surface area contributed by atoms with Gasteiger partial charge in [-0.15, -0.1) is 11.3 Å². The van der Waals surface area contributed by atoms with E-state index in [0.717, 1.165) is 55.0 Å². The number of aryl methyl sites for hydroxylation is 2. The molecule has 3 N–H and O–H groups in total. The first-order valence-corrected chi connectivity index (χ1v) is 13.9. The standard InChI is InChI=1S/C24H29N5O2S2/c25-33(30,31)26-15-18-9-6-14-29(16-18)23-22-19-10-4-5-11-20(19)32-24(22)28-21(27-23)13-12-17-7-2-1-3-8-17/h1-3,7-8,12-13,18,26H,4-6,9-11,14-16H2,(H2,25,30,31). The van der Waals surface area contributed by atoms with E-state index in [2.05, 4.69) is 21.8 Å². The highest BCUT2D eigenvalue weighted by Gasteiger charge is 2.27. The van der Waals surface area contributed by atoms with Crippen LogP contribution in [0.3, 0.4) is 0 Å². The predicted octanol–water partition coefficient (Wildman–Crippen LogP) is 3.75. The number of aromatic nitrogens is 2. The maximum absolute atomic E-state index is 11.4. The summed E-state index contributed by atoms with van der Waals surface area (Å²) in [6, 6.07) is 10.2. The highest BCUT2D eigenvalue weighted by atomic mass is 32.2. The first kappa shape index (κ1) is 22.5. The Morgan fingerprint density at radius 1 is 1.12 bits per heavy atom. The fourth-order valence-electron chi connectivity index (χ4n) is 4.85. The molecule has 0 radical (unpaired) electrons. The second-order valence-corrected chi connectivity index (χ2v) is 11.4. The first-order valence-electron chi connectivity index (χ1n) is 11.5. The molecule has 9 heteroatoms. The van der Waals surface area contributed by atoms with Crippen LogP contribution in [0.15, 0.2) is 30.3 Å². The van der Waals surface area contributed by atoms with Crippen molar-refractivity contribution in [3.63, 3.8) is 0 Å². The fourth-order valence-corrected chi connectivity index (χ4v) is 6.58. The molecule has 1 fully saturated rings. The lowest BCUT2D eigenvalue weighted by Crippen LogP contribution is -2.43. The number of fused-ring (bicyclic) bond motifs is 3. The summed E-state index contributed by atoms with van der Waals surface area (Å²) in [4.78, 5) is 14.8. The van der Waals surface area contributed by atoms with Crippen molar-refractivity contribution < 1.29 is 8.42 Å². The zero-order chi connectivity index (χ0) is 22.8. The number of nitrogens with one attached hydrogen (secondary N) is 1. The third-order valence-corrected chi connectivity index (χ3v) is 8.18. The van der Waals surface area contributed by atoms with Gasteiger partial charge in [0.05, 0.1) is 5.39 Å². The number of anilines is 1. The average molecular weight is 484 g/mol. The van der Waals surface area contributed by atoms with Gasteiger partial charge in [-0.05, 0) is 61.6 Å². The Kier molecular flexibility index (Phi) is 6.47. The van der Waals surface area contributed by atoms with E-state index < -0.39 is 10.2 Å². The fraction of sp³-hybridized carbons (Fsp3) is 0.417. The number of benzene rings is 1. The van der Waals surface area contributed by atoms with Crippen LogP contribution in [0.5, 0.6) is 0 Å². The van der Waals surface area contributed by atoms with Gasteiger partial charge in [-0.2, -0.15) is 8.42 Å². The lowest BCUT2D eigenvalue weighted by molar-refractivity contribution is 0.410. The van der Waals surface area contributed by atoms with Crippen LogP contribution in [-0.2, 0) is 23.1 Å². The monoisotopic (exact) mass is 483 g/mol. The molecule has 3 aromatic rings. The highest BCUT2D eigenvalue weighted by molar-refractivity contribution is 7.87. The van der Waals surface area contributed by atoms with Crippen LogP contribution in [0.2, 0.25) is 0 Å². The molecule has 1 aliphatic carbocycles. The van der Waals surface area contributed by atoms with Gasteiger partial charge in [0, 0.05) is 24.5 Å². The maximum Gasteiger partial charge on any atom is 0.274 e. The maximum atomic E-state index is 11.4. The molecule has 0 bridgehead atoms. The lowest BCUT2D eigenvalue weighted by atomic mass is 9.95. The van der Waals surface area contributed by atoms with E-state index in [1.165, 1.54) is 28.7 Å². The molecule has 3 heterocycles. The predicted molar refractivity (Wildman–Crippen MR) is 135 cm³/mol. The van der Waals surface area contributed by atoms with Crippen molar-refractivity contribution in [3.05, 3.63) is 52.2 Å².